The Morgan fingerprint density at radius 2 is 2.21 bits per heavy atom. The van der Waals surface area contributed by atoms with E-state index in [1.165, 1.54) is 13.3 Å². The van der Waals surface area contributed by atoms with Crippen LogP contribution in [0.1, 0.15) is 29.6 Å². The van der Waals surface area contributed by atoms with E-state index < -0.39 is 5.97 Å². The van der Waals surface area contributed by atoms with Crippen molar-refractivity contribution >= 4 is 11.9 Å². The Balaban J connectivity index is 1.92. The highest BCUT2D eigenvalue weighted by atomic mass is 16.5. The Morgan fingerprint density at radius 1 is 1.42 bits per heavy atom. The predicted molar refractivity (Wildman–Crippen MR) is 67.0 cm³/mol. The Morgan fingerprint density at radius 3 is 2.74 bits per heavy atom. The van der Waals surface area contributed by atoms with Crippen LogP contribution in [0.4, 0.5) is 0 Å². The van der Waals surface area contributed by atoms with Gasteiger partial charge in [-0.25, -0.2) is 4.98 Å². The quantitative estimate of drug-likeness (QED) is 0.849. The van der Waals surface area contributed by atoms with Crippen molar-refractivity contribution in [3.8, 4) is 5.88 Å². The van der Waals surface area contributed by atoms with Gasteiger partial charge in [0, 0.05) is 18.3 Å². The highest BCUT2D eigenvalue weighted by Crippen LogP contribution is 2.25. The molecule has 0 unspecified atom stereocenters. The van der Waals surface area contributed by atoms with Crippen LogP contribution in [0.2, 0.25) is 0 Å². The van der Waals surface area contributed by atoms with Crippen LogP contribution in [0.3, 0.4) is 0 Å². The predicted octanol–water partition coefficient (Wildman–Crippen LogP) is 1.07. The number of nitrogens with zero attached hydrogens (tertiary/aromatic N) is 1. The lowest BCUT2D eigenvalue weighted by molar-refractivity contribution is -0.141. The second-order valence-electron chi connectivity index (χ2n) is 4.61. The van der Waals surface area contributed by atoms with Gasteiger partial charge in [-0.3, -0.25) is 9.59 Å². The number of amides is 1. The number of aromatic nitrogens is 1. The van der Waals surface area contributed by atoms with Crippen molar-refractivity contribution in [1.82, 2.24) is 10.3 Å². The van der Waals surface area contributed by atoms with Gasteiger partial charge in [0.1, 0.15) is 0 Å². The molecule has 1 heterocycles. The molecular weight excluding hydrogens is 248 g/mol. The van der Waals surface area contributed by atoms with E-state index >= 15 is 0 Å². The van der Waals surface area contributed by atoms with Crippen molar-refractivity contribution in [2.45, 2.75) is 25.3 Å². The molecule has 102 valence electrons. The first-order valence-corrected chi connectivity index (χ1v) is 6.14. The number of carboxylic acids is 1. The van der Waals surface area contributed by atoms with Gasteiger partial charge >= 0.3 is 5.97 Å². The molecule has 0 radical (unpaired) electrons. The first kappa shape index (κ1) is 13.3. The zero-order valence-corrected chi connectivity index (χ0v) is 10.6. The first-order valence-electron chi connectivity index (χ1n) is 6.14. The van der Waals surface area contributed by atoms with Crippen LogP contribution in [0, 0.1) is 5.92 Å². The minimum Gasteiger partial charge on any atom is -0.481 e. The third kappa shape index (κ3) is 3.21. The molecule has 1 saturated carbocycles. The number of hydrogen-bond acceptors (Lipinski definition) is 4. The number of methoxy groups -OCH3 is 1. The SMILES string of the molecule is COc1ccc(C(=O)N[C@@H]2CC[C@H](C(=O)O)C2)cn1. The van der Waals surface area contributed by atoms with Crippen LogP contribution in [-0.2, 0) is 4.79 Å². The van der Waals surface area contributed by atoms with Crippen LogP contribution >= 0.6 is 0 Å². The van der Waals surface area contributed by atoms with Crippen molar-refractivity contribution in [3.63, 3.8) is 0 Å². The molecule has 1 aromatic rings. The van der Waals surface area contributed by atoms with Crippen molar-refractivity contribution < 1.29 is 19.4 Å². The number of carbonyl (C=O) groups is 2. The summed E-state index contributed by atoms with van der Waals surface area (Å²) < 4.78 is 4.91. The van der Waals surface area contributed by atoms with Crippen LogP contribution in [0.25, 0.3) is 0 Å². The standard InChI is InChI=1S/C13H16N2O4/c1-19-11-5-3-9(7-14-11)12(16)15-10-4-2-8(6-10)13(17)18/h3,5,7-8,10H,2,4,6H2,1H3,(H,15,16)(H,17,18)/t8-,10+/m0/s1. The number of carbonyl (C=O) groups excluding carboxylic acids is 1. The average Bonchev–Trinajstić information content (AvgIpc) is 2.87. The van der Waals surface area contributed by atoms with Crippen LogP contribution in [0.5, 0.6) is 5.88 Å². The molecule has 2 rings (SSSR count). The molecular formula is C13H16N2O4. The fourth-order valence-electron chi connectivity index (χ4n) is 2.24. The molecule has 0 spiro atoms. The molecule has 0 saturated heterocycles. The van der Waals surface area contributed by atoms with Gasteiger partial charge in [0.25, 0.3) is 5.91 Å². The number of ether oxygens (including phenoxy) is 1. The van der Waals surface area contributed by atoms with Gasteiger partial charge in [-0.2, -0.15) is 0 Å². The average molecular weight is 264 g/mol. The smallest absolute Gasteiger partial charge is 0.306 e. The van der Waals surface area contributed by atoms with Gasteiger partial charge in [0.15, 0.2) is 0 Å². The van der Waals surface area contributed by atoms with E-state index in [0.717, 1.165) is 0 Å². The third-order valence-corrected chi connectivity index (χ3v) is 3.32. The summed E-state index contributed by atoms with van der Waals surface area (Å²) in [6, 6.07) is 3.17. The van der Waals surface area contributed by atoms with Crippen molar-refractivity contribution in [2.75, 3.05) is 7.11 Å². The minimum atomic E-state index is -0.789. The van der Waals surface area contributed by atoms with Crippen molar-refractivity contribution in [2.24, 2.45) is 5.92 Å². The Kier molecular flexibility index (Phi) is 3.99. The molecule has 1 aliphatic carbocycles. The first-order chi connectivity index (χ1) is 9.10. The lowest BCUT2D eigenvalue weighted by atomic mass is 10.1. The molecule has 2 atom stereocenters. The number of aliphatic carboxylic acids is 1. The molecule has 0 bridgehead atoms. The lowest BCUT2D eigenvalue weighted by Gasteiger charge is -2.12. The summed E-state index contributed by atoms with van der Waals surface area (Å²) in [5.74, 6) is -0.920. The van der Waals surface area contributed by atoms with E-state index in [1.807, 2.05) is 0 Å². The number of rotatable bonds is 4. The van der Waals surface area contributed by atoms with E-state index in [2.05, 4.69) is 10.3 Å². The fourth-order valence-corrected chi connectivity index (χ4v) is 2.24. The summed E-state index contributed by atoms with van der Waals surface area (Å²) in [7, 11) is 1.51. The topological polar surface area (TPSA) is 88.5 Å². The zero-order chi connectivity index (χ0) is 13.8. The number of carboxylic acid groups (broad SMARTS) is 1. The molecule has 6 heteroatoms. The van der Waals surface area contributed by atoms with E-state index in [4.69, 9.17) is 9.84 Å². The molecule has 0 aromatic carbocycles. The molecule has 0 aliphatic heterocycles. The fraction of sp³-hybridized carbons (Fsp3) is 0.462. The van der Waals surface area contributed by atoms with Crippen LogP contribution in [-0.4, -0.2) is 35.1 Å². The van der Waals surface area contributed by atoms with Gasteiger partial charge < -0.3 is 15.2 Å². The highest BCUT2D eigenvalue weighted by Gasteiger charge is 2.30. The Bertz CT molecular complexity index is 472. The van der Waals surface area contributed by atoms with Crippen LogP contribution < -0.4 is 10.1 Å². The summed E-state index contributed by atoms with van der Waals surface area (Å²) in [5, 5.41) is 11.7. The van der Waals surface area contributed by atoms with Crippen LogP contribution in [0.15, 0.2) is 18.3 Å². The van der Waals surface area contributed by atoms with E-state index in [0.29, 0.717) is 30.7 Å². The van der Waals surface area contributed by atoms with Crippen molar-refractivity contribution in [3.05, 3.63) is 23.9 Å². The Labute approximate surface area is 110 Å². The van der Waals surface area contributed by atoms with Gasteiger partial charge in [0.05, 0.1) is 18.6 Å². The lowest BCUT2D eigenvalue weighted by Crippen LogP contribution is -2.33. The van der Waals surface area contributed by atoms with Gasteiger partial charge in [-0.05, 0) is 25.3 Å². The van der Waals surface area contributed by atoms with E-state index in [-0.39, 0.29) is 17.9 Å². The molecule has 1 aromatic heterocycles. The van der Waals surface area contributed by atoms with Gasteiger partial charge in [-0.1, -0.05) is 0 Å². The molecule has 1 aliphatic rings. The summed E-state index contributed by atoms with van der Waals surface area (Å²) in [6.45, 7) is 0. The number of nitrogens with one attached hydrogen (secondary N) is 1. The number of hydrogen-bond donors (Lipinski definition) is 2. The maximum absolute atomic E-state index is 11.9. The normalized spacial score (nSPS) is 21.9. The minimum absolute atomic E-state index is 0.0734. The maximum Gasteiger partial charge on any atom is 0.306 e. The Hall–Kier alpha value is -2.11. The van der Waals surface area contributed by atoms with Gasteiger partial charge in [0.2, 0.25) is 5.88 Å². The second-order valence-corrected chi connectivity index (χ2v) is 4.61. The monoisotopic (exact) mass is 264 g/mol. The van der Waals surface area contributed by atoms with Gasteiger partial charge in [-0.15, -0.1) is 0 Å². The summed E-state index contributed by atoms with van der Waals surface area (Å²) in [5.41, 5.74) is 0.444. The summed E-state index contributed by atoms with van der Waals surface area (Å²) in [6.07, 6.45) is 3.25. The molecule has 1 amide bonds. The largest absolute Gasteiger partial charge is 0.481 e. The summed E-state index contributed by atoms with van der Waals surface area (Å²) in [4.78, 5) is 26.7. The second kappa shape index (κ2) is 5.69. The maximum atomic E-state index is 11.9. The molecule has 2 N–H and O–H groups in total. The third-order valence-electron chi connectivity index (χ3n) is 3.32. The summed E-state index contributed by atoms with van der Waals surface area (Å²) >= 11 is 0. The molecule has 1 fully saturated rings. The molecule has 6 nitrogen and oxygen atoms in total. The molecule has 19 heavy (non-hydrogen) atoms. The van der Waals surface area contributed by atoms with E-state index in [9.17, 15) is 9.59 Å². The highest BCUT2D eigenvalue weighted by molar-refractivity contribution is 5.94. The number of pyridine rings is 1. The zero-order valence-electron chi connectivity index (χ0n) is 10.6. The van der Waals surface area contributed by atoms with Crippen molar-refractivity contribution in [1.29, 1.82) is 0 Å². The van der Waals surface area contributed by atoms with E-state index in [1.54, 1.807) is 12.1 Å².